The first-order chi connectivity index (χ1) is 10.8. The Balaban J connectivity index is 1.80. The molecule has 1 atom stereocenters. The lowest BCUT2D eigenvalue weighted by Gasteiger charge is -2.34. The van der Waals surface area contributed by atoms with E-state index in [0.717, 1.165) is 12.8 Å². The van der Waals surface area contributed by atoms with E-state index >= 15 is 0 Å². The van der Waals surface area contributed by atoms with E-state index in [1.807, 2.05) is 25.3 Å². The molecule has 0 saturated carbocycles. The molecule has 1 aliphatic rings. The van der Waals surface area contributed by atoms with Crippen LogP contribution in [0.5, 0.6) is 0 Å². The molecule has 8 heteroatoms. The Labute approximate surface area is 139 Å². The number of likely N-dealkylation sites (tertiary alicyclic amines) is 1. The summed E-state index contributed by atoms with van der Waals surface area (Å²) in [5.74, 6) is 0. The van der Waals surface area contributed by atoms with E-state index in [2.05, 4.69) is 15.0 Å². The van der Waals surface area contributed by atoms with Crippen molar-refractivity contribution in [3.05, 3.63) is 17.8 Å². The van der Waals surface area contributed by atoms with Crippen molar-refractivity contribution in [2.45, 2.75) is 45.3 Å². The van der Waals surface area contributed by atoms with E-state index in [4.69, 9.17) is 16.3 Å². The molecular weight excluding hydrogens is 318 g/mol. The Hall–Kier alpha value is -1.89. The summed E-state index contributed by atoms with van der Waals surface area (Å²) >= 11 is 6.05. The molecule has 0 aromatic carbocycles. The number of fused-ring (bicyclic) bond motifs is 1. The summed E-state index contributed by atoms with van der Waals surface area (Å²) in [5.41, 5.74) is 0.788. The molecule has 1 saturated heterocycles. The second-order valence-electron chi connectivity index (χ2n) is 6.71. The highest BCUT2D eigenvalue weighted by molar-refractivity contribution is 6.33. The number of carbonyl (C=O) groups is 1. The molecule has 1 amide bonds. The molecule has 2 aromatic rings. The number of imidazole rings is 1. The van der Waals surface area contributed by atoms with Crippen LogP contribution < -0.4 is 0 Å². The van der Waals surface area contributed by atoms with Crippen molar-refractivity contribution in [1.82, 2.24) is 24.4 Å². The SMILES string of the molecule is CC(C)(C)OC(=O)N1CCC[C@H](n2cnc3c(Cl)ncnc32)C1. The van der Waals surface area contributed by atoms with E-state index in [1.165, 1.54) is 6.33 Å². The molecule has 1 fully saturated rings. The van der Waals surface area contributed by atoms with E-state index in [9.17, 15) is 4.79 Å². The third-order valence-corrected chi connectivity index (χ3v) is 4.03. The first kappa shape index (κ1) is 16.0. The maximum absolute atomic E-state index is 12.3. The normalized spacial score (nSPS) is 19.1. The summed E-state index contributed by atoms with van der Waals surface area (Å²) in [5, 5.41) is 0.341. The molecule has 0 bridgehead atoms. The summed E-state index contributed by atoms with van der Waals surface area (Å²) in [7, 11) is 0. The number of hydrogen-bond acceptors (Lipinski definition) is 5. The lowest BCUT2D eigenvalue weighted by molar-refractivity contribution is 0.0174. The minimum Gasteiger partial charge on any atom is -0.444 e. The van der Waals surface area contributed by atoms with Gasteiger partial charge in [0.1, 0.15) is 17.4 Å². The van der Waals surface area contributed by atoms with Gasteiger partial charge in [-0.15, -0.1) is 0 Å². The average Bonchev–Trinajstić information content (AvgIpc) is 2.91. The van der Waals surface area contributed by atoms with Gasteiger partial charge in [0.15, 0.2) is 10.8 Å². The number of amides is 1. The lowest BCUT2D eigenvalue weighted by atomic mass is 10.1. The summed E-state index contributed by atoms with van der Waals surface area (Å²) in [4.78, 5) is 26.5. The molecule has 0 aliphatic carbocycles. The molecule has 2 aromatic heterocycles. The summed E-state index contributed by atoms with van der Waals surface area (Å²) < 4.78 is 7.44. The smallest absolute Gasteiger partial charge is 0.410 e. The summed E-state index contributed by atoms with van der Waals surface area (Å²) in [6, 6.07) is 0.104. The molecule has 0 spiro atoms. The second kappa shape index (κ2) is 5.96. The van der Waals surface area contributed by atoms with E-state index in [0.29, 0.717) is 29.4 Å². The minimum atomic E-state index is -0.494. The maximum atomic E-state index is 12.3. The Morgan fingerprint density at radius 1 is 1.35 bits per heavy atom. The third kappa shape index (κ3) is 3.39. The number of ether oxygens (including phenoxy) is 1. The van der Waals surface area contributed by atoms with Crippen LogP contribution in [0, 0.1) is 0 Å². The standard InChI is InChI=1S/C15H20ClN5O2/c1-15(2,3)23-14(22)20-6-4-5-10(7-20)21-9-19-11-12(16)17-8-18-13(11)21/h8-10H,4-7H2,1-3H3/t10-/m0/s1. The number of carbonyl (C=O) groups excluding carboxylic acids is 1. The van der Waals surface area contributed by atoms with Crippen LogP contribution in [0.15, 0.2) is 12.7 Å². The predicted molar refractivity (Wildman–Crippen MR) is 86.4 cm³/mol. The molecule has 0 unspecified atom stereocenters. The largest absolute Gasteiger partial charge is 0.444 e. The van der Waals surface area contributed by atoms with Crippen molar-refractivity contribution >= 4 is 28.9 Å². The Morgan fingerprint density at radius 3 is 2.87 bits per heavy atom. The van der Waals surface area contributed by atoms with Gasteiger partial charge in [-0.25, -0.2) is 19.7 Å². The summed E-state index contributed by atoms with van der Waals surface area (Å²) in [6.07, 6.45) is 4.72. The third-order valence-electron chi connectivity index (χ3n) is 3.76. The van der Waals surface area contributed by atoms with Crippen LogP contribution in [0.3, 0.4) is 0 Å². The number of piperidine rings is 1. The molecule has 23 heavy (non-hydrogen) atoms. The van der Waals surface area contributed by atoms with Crippen LogP contribution in [0.1, 0.15) is 39.7 Å². The number of aromatic nitrogens is 4. The molecule has 3 heterocycles. The molecular formula is C15H20ClN5O2. The monoisotopic (exact) mass is 337 g/mol. The van der Waals surface area contributed by atoms with Gasteiger partial charge in [-0.2, -0.15) is 0 Å². The number of nitrogens with zero attached hydrogens (tertiary/aromatic N) is 5. The molecule has 0 radical (unpaired) electrons. The van der Waals surface area contributed by atoms with Crippen LogP contribution in [0.4, 0.5) is 4.79 Å². The van der Waals surface area contributed by atoms with Crippen molar-refractivity contribution in [3.8, 4) is 0 Å². The van der Waals surface area contributed by atoms with Gasteiger partial charge in [0.05, 0.1) is 12.4 Å². The zero-order valence-electron chi connectivity index (χ0n) is 13.5. The number of rotatable bonds is 1. The first-order valence-corrected chi connectivity index (χ1v) is 8.04. The Bertz CT molecular complexity index is 724. The van der Waals surface area contributed by atoms with Crippen LogP contribution in [0.2, 0.25) is 5.15 Å². The van der Waals surface area contributed by atoms with Crippen molar-refractivity contribution in [2.24, 2.45) is 0 Å². The van der Waals surface area contributed by atoms with E-state index < -0.39 is 5.60 Å². The lowest BCUT2D eigenvalue weighted by Crippen LogP contribution is -2.43. The fourth-order valence-electron chi connectivity index (χ4n) is 2.76. The summed E-state index contributed by atoms with van der Waals surface area (Å²) in [6.45, 7) is 6.88. The predicted octanol–water partition coefficient (Wildman–Crippen LogP) is 3.05. The molecule has 7 nitrogen and oxygen atoms in total. The van der Waals surface area contributed by atoms with Crippen LogP contribution in [-0.4, -0.2) is 49.2 Å². The van der Waals surface area contributed by atoms with Gasteiger partial charge < -0.3 is 14.2 Å². The van der Waals surface area contributed by atoms with Gasteiger partial charge >= 0.3 is 6.09 Å². The van der Waals surface area contributed by atoms with Crippen molar-refractivity contribution in [1.29, 1.82) is 0 Å². The van der Waals surface area contributed by atoms with Crippen LogP contribution >= 0.6 is 11.6 Å². The molecule has 1 aliphatic heterocycles. The fraction of sp³-hybridized carbons (Fsp3) is 0.600. The van der Waals surface area contributed by atoms with Crippen molar-refractivity contribution in [2.75, 3.05) is 13.1 Å². The van der Waals surface area contributed by atoms with Gasteiger partial charge in [0.2, 0.25) is 0 Å². The number of halogens is 1. The quantitative estimate of drug-likeness (QED) is 0.748. The second-order valence-corrected chi connectivity index (χ2v) is 7.07. The van der Waals surface area contributed by atoms with Crippen molar-refractivity contribution < 1.29 is 9.53 Å². The highest BCUT2D eigenvalue weighted by atomic mass is 35.5. The minimum absolute atomic E-state index is 0.104. The van der Waals surface area contributed by atoms with Crippen LogP contribution in [0.25, 0.3) is 11.2 Å². The molecule has 124 valence electrons. The highest BCUT2D eigenvalue weighted by Crippen LogP contribution is 2.27. The zero-order chi connectivity index (χ0) is 16.6. The fourth-order valence-corrected chi connectivity index (χ4v) is 2.94. The average molecular weight is 338 g/mol. The van der Waals surface area contributed by atoms with Gasteiger partial charge in [-0.05, 0) is 33.6 Å². The van der Waals surface area contributed by atoms with Crippen LogP contribution in [-0.2, 0) is 4.74 Å². The van der Waals surface area contributed by atoms with Gasteiger partial charge in [-0.3, -0.25) is 0 Å². The van der Waals surface area contributed by atoms with E-state index in [-0.39, 0.29) is 12.1 Å². The Morgan fingerprint density at radius 2 is 2.13 bits per heavy atom. The van der Waals surface area contributed by atoms with E-state index in [1.54, 1.807) is 11.2 Å². The first-order valence-electron chi connectivity index (χ1n) is 7.66. The van der Waals surface area contributed by atoms with Gasteiger partial charge in [0, 0.05) is 13.1 Å². The number of hydrogen-bond donors (Lipinski definition) is 0. The molecule has 3 rings (SSSR count). The maximum Gasteiger partial charge on any atom is 0.410 e. The highest BCUT2D eigenvalue weighted by Gasteiger charge is 2.29. The Kier molecular flexibility index (Phi) is 4.14. The molecule has 0 N–H and O–H groups in total. The zero-order valence-corrected chi connectivity index (χ0v) is 14.2. The topological polar surface area (TPSA) is 73.1 Å². The van der Waals surface area contributed by atoms with Gasteiger partial charge in [0.25, 0.3) is 0 Å². The van der Waals surface area contributed by atoms with Gasteiger partial charge in [-0.1, -0.05) is 11.6 Å². The van der Waals surface area contributed by atoms with Crippen molar-refractivity contribution in [3.63, 3.8) is 0 Å².